The fourth-order valence-electron chi connectivity index (χ4n) is 2.94. The Bertz CT molecular complexity index is 956. The van der Waals surface area contributed by atoms with Crippen molar-refractivity contribution in [1.29, 1.82) is 0 Å². The lowest BCUT2D eigenvalue weighted by atomic mass is 10.0. The molecule has 0 atom stereocenters. The van der Waals surface area contributed by atoms with E-state index in [4.69, 9.17) is 4.52 Å². The minimum atomic E-state index is -0.132. The van der Waals surface area contributed by atoms with Gasteiger partial charge in [-0.15, -0.1) is 0 Å². The Kier molecular flexibility index (Phi) is 3.57. The standard InChI is InChI=1S/C17H15N3O3S/c1-19-9-14(13(6-16(19)21)11-3-5-24-10-11)17(22)20-4-2-15-12(8-20)7-18-23-15/h3,5-7,9-10H,2,4,8H2,1H3. The van der Waals surface area contributed by atoms with Crippen molar-refractivity contribution in [2.45, 2.75) is 13.0 Å². The fourth-order valence-corrected chi connectivity index (χ4v) is 3.60. The summed E-state index contributed by atoms with van der Waals surface area (Å²) in [5.74, 6) is 0.760. The van der Waals surface area contributed by atoms with Gasteiger partial charge in [0.25, 0.3) is 11.5 Å². The molecular formula is C17H15N3O3S. The van der Waals surface area contributed by atoms with Crippen molar-refractivity contribution >= 4 is 17.2 Å². The van der Waals surface area contributed by atoms with E-state index in [-0.39, 0.29) is 11.5 Å². The molecule has 0 saturated carbocycles. The zero-order chi connectivity index (χ0) is 16.7. The SMILES string of the molecule is Cn1cc(C(=O)N2CCc3oncc3C2)c(-c2ccsc2)cc1=O. The van der Waals surface area contributed by atoms with E-state index in [1.807, 2.05) is 16.8 Å². The van der Waals surface area contributed by atoms with Crippen LogP contribution in [0.25, 0.3) is 11.1 Å². The maximum Gasteiger partial charge on any atom is 0.256 e. The van der Waals surface area contributed by atoms with E-state index in [0.29, 0.717) is 30.6 Å². The van der Waals surface area contributed by atoms with Crippen molar-refractivity contribution in [1.82, 2.24) is 14.6 Å². The largest absolute Gasteiger partial charge is 0.361 e. The highest BCUT2D eigenvalue weighted by Gasteiger charge is 2.26. The summed E-state index contributed by atoms with van der Waals surface area (Å²) in [6.45, 7) is 1.05. The number of carbonyl (C=O) groups excluding carboxylic acids is 1. The zero-order valence-corrected chi connectivity index (χ0v) is 13.9. The molecule has 0 fully saturated rings. The van der Waals surface area contributed by atoms with Crippen LogP contribution in [0.2, 0.25) is 0 Å². The van der Waals surface area contributed by atoms with Crippen LogP contribution in [0, 0.1) is 0 Å². The minimum absolute atomic E-state index is 0.0846. The molecule has 1 aliphatic rings. The van der Waals surface area contributed by atoms with Crippen LogP contribution in [0.4, 0.5) is 0 Å². The van der Waals surface area contributed by atoms with Crippen molar-refractivity contribution in [3.63, 3.8) is 0 Å². The lowest BCUT2D eigenvalue weighted by Gasteiger charge is -2.26. The van der Waals surface area contributed by atoms with Crippen LogP contribution in [0.15, 0.2) is 44.6 Å². The molecule has 4 rings (SSSR count). The lowest BCUT2D eigenvalue weighted by Crippen LogP contribution is -2.36. The first-order valence-electron chi connectivity index (χ1n) is 7.58. The van der Waals surface area contributed by atoms with Crippen molar-refractivity contribution in [2.24, 2.45) is 7.05 Å². The molecule has 0 N–H and O–H groups in total. The Hall–Kier alpha value is -2.67. The quantitative estimate of drug-likeness (QED) is 0.717. The molecule has 24 heavy (non-hydrogen) atoms. The number of aromatic nitrogens is 2. The first kappa shape index (κ1) is 14.9. The van der Waals surface area contributed by atoms with Gasteiger partial charge >= 0.3 is 0 Å². The molecular weight excluding hydrogens is 326 g/mol. The van der Waals surface area contributed by atoms with Crippen LogP contribution >= 0.6 is 11.3 Å². The molecule has 122 valence electrons. The molecule has 3 aromatic heterocycles. The topological polar surface area (TPSA) is 68.3 Å². The molecule has 7 heteroatoms. The molecule has 0 aliphatic carbocycles. The monoisotopic (exact) mass is 341 g/mol. The number of rotatable bonds is 2. The second kappa shape index (κ2) is 5.76. The van der Waals surface area contributed by atoms with Crippen molar-refractivity contribution in [2.75, 3.05) is 6.54 Å². The van der Waals surface area contributed by atoms with Crippen LogP contribution < -0.4 is 5.56 Å². The summed E-state index contributed by atoms with van der Waals surface area (Å²) >= 11 is 1.54. The number of hydrogen-bond acceptors (Lipinski definition) is 5. The maximum absolute atomic E-state index is 13.1. The predicted octanol–water partition coefficient (Wildman–Crippen LogP) is 2.30. The number of aryl methyl sites for hydroxylation is 1. The fraction of sp³-hybridized carbons (Fsp3) is 0.235. The highest BCUT2D eigenvalue weighted by molar-refractivity contribution is 7.08. The van der Waals surface area contributed by atoms with Gasteiger partial charge in [0.05, 0.1) is 18.3 Å². The second-order valence-corrected chi connectivity index (χ2v) is 6.59. The highest BCUT2D eigenvalue weighted by atomic mass is 32.1. The van der Waals surface area contributed by atoms with Crippen LogP contribution in [-0.2, 0) is 20.0 Å². The smallest absolute Gasteiger partial charge is 0.256 e. The van der Waals surface area contributed by atoms with E-state index in [0.717, 1.165) is 16.9 Å². The van der Waals surface area contributed by atoms with Gasteiger partial charge in [-0.3, -0.25) is 9.59 Å². The third-order valence-electron chi connectivity index (χ3n) is 4.28. The normalized spacial score (nSPS) is 13.8. The average Bonchev–Trinajstić information content (AvgIpc) is 3.26. The van der Waals surface area contributed by atoms with Crippen LogP contribution in [0.5, 0.6) is 0 Å². The van der Waals surface area contributed by atoms with Gasteiger partial charge in [-0.2, -0.15) is 11.3 Å². The summed E-state index contributed by atoms with van der Waals surface area (Å²) in [6, 6.07) is 3.45. The third kappa shape index (κ3) is 2.46. The van der Waals surface area contributed by atoms with E-state index in [1.54, 1.807) is 24.3 Å². The number of fused-ring (bicyclic) bond motifs is 1. The predicted molar refractivity (Wildman–Crippen MR) is 89.9 cm³/mol. The van der Waals surface area contributed by atoms with E-state index in [9.17, 15) is 9.59 Å². The van der Waals surface area contributed by atoms with Gasteiger partial charge in [-0.25, -0.2) is 0 Å². The van der Waals surface area contributed by atoms with Gasteiger partial charge in [0.2, 0.25) is 0 Å². The average molecular weight is 341 g/mol. The molecule has 0 radical (unpaired) electrons. The van der Waals surface area contributed by atoms with Crippen molar-refractivity contribution < 1.29 is 9.32 Å². The second-order valence-electron chi connectivity index (χ2n) is 5.81. The molecule has 4 heterocycles. The summed E-state index contributed by atoms with van der Waals surface area (Å²) in [4.78, 5) is 26.9. The maximum atomic E-state index is 13.1. The van der Waals surface area contributed by atoms with Gasteiger partial charge in [0.15, 0.2) is 0 Å². The van der Waals surface area contributed by atoms with Crippen molar-refractivity contribution in [3.8, 4) is 11.1 Å². The Morgan fingerprint density at radius 3 is 3.08 bits per heavy atom. The molecule has 0 saturated heterocycles. The molecule has 3 aromatic rings. The Balaban J connectivity index is 1.75. The lowest BCUT2D eigenvalue weighted by molar-refractivity contribution is 0.0729. The van der Waals surface area contributed by atoms with E-state index >= 15 is 0 Å². The van der Waals surface area contributed by atoms with Gasteiger partial charge < -0.3 is 14.0 Å². The molecule has 1 aliphatic heterocycles. The zero-order valence-electron chi connectivity index (χ0n) is 13.1. The first-order chi connectivity index (χ1) is 11.6. The summed E-state index contributed by atoms with van der Waals surface area (Å²) in [5.41, 5.74) is 2.92. The van der Waals surface area contributed by atoms with Crippen LogP contribution in [-0.4, -0.2) is 27.1 Å². The molecule has 1 amide bonds. The van der Waals surface area contributed by atoms with Gasteiger partial charge in [-0.05, 0) is 22.4 Å². The summed E-state index contributed by atoms with van der Waals surface area (Å²) in [5, 5.41) is 7.68. The summed E-state index contributed by atoms with van der Waals surface area (Å²) in [6.07, 6.45) is 3.94. The van der Waals surface area contributed by atoms with Gasteiger partial charge in [-0.1, -0.05) is 5.16 Å². The van der Waals surface area contributed by atoms with E-state index in [2.05, 4.69) is 5.16 Å². The number of thiophene rings is 1. The number of pyridine rings is 1. The molecule has 0 spiro atoms. The van der Waals surface area contributed by atoms with Gasteiger partial charge in [0.1, 0.15) is 5.76 Å². The van der Waals surface area contributed by atoms with E-state index in [1.165, 1.54) is 22.0 Å². The summed E-state index contributed by atoms with van der Waals surface area (Å²) in [7, 11) is 1.66. The van der Waals surface area contributed by atoms with E-state index < -0.39 is 0 Å². The molecule has 6 nitrogen and oxygen atoms in total. The Morgan fingerprint density at radius 1 is 1.42 bits per heavy atom. The molecule has 0 bridgehead atoms. The minimum Gasteiger partial charge on any atom is -0.361 e. The molecule has 0 unspecified atom stereocenters. The number of hydrogen-bond donors (Lipinski definition) is 0. The number of nitrogens with zero attached hydrogens (tertiary/aromatic N) is 3. The number of carbonyl (C=O) groups is 1. The third-order valence-corrected chi connectivity index (χ3v) is 4.96. The molecule has 0 aromatic carbocycles. The Morgan fingerprint density at radius 2 is 2.29 bits per heavy atom. The first-order valence-corrected chi connectivity index (χ1v) is 8.52. The number of amides is 1. The highest BCUT2D eigenvalue weighted by Crippen LogP contribution is 2.27. The van der Waals surface area contributed by atoms with Gasteiger partial charge in [0, 0.05) is 43.4 Å². The summed E-state index contributed by atoms with van der Waals surface area (Å²) < 4.78 is 6.62. The van der Waals surface area contributed by atoms with Crippen molar-refractivity contribution in [3.05, 3.63) is 62.5 Å². The Labute approximate surface area is 141 Å². The van der Waals surface area contributed by atoms with Crippen LogP contribution in [0.1, 0.15) is 21.7 Å². The van der Waals surface area contributed by atoms with Crippen LogP contribution in [0.3, 0.4) is 0 Å².